The number of nitrogens with zero attached hydrogens (tertiary/aromatic N) is 2. The molecule has 25 heavy (non-hydrogen) atoms. The van der Waals surface area contributed by atoms with Gasteiger partial charge in [0.1, 0.15) is 5.82 Å². The van der Waals surface area contributed by atoms with E-state index >= 15 is 0 Å². The Morgan fingerprint density at radius 2 is 1.80 bits per heavy atom. The van der Waals surface area contributed by atoms with E-state index in [0.29, 0.717) is 0 Å². The quantitative estimate of drug-likeness (QED) is 0.479. The van der Waals surface area contributed by atoms with Crippen LogP contribution in [0.25, 0.3) is 11.0 Å². The van der Waals surface area contributed by atoms with Crippen LogP contribution in [0.2, 0.25) is 0 Å². The van der Waals surface area contributed by atoms with Gasteiger partial charge in [-0.15, -0.1) is 0 Å². The Labute approximate surface area is 148 Å². The SMILES string of the molecule is CCc1ccccc1CNC(=NC)NCCc1nc2ccccc2[nH]1. The lowest BCUT2D eigenvalue weighted by Crippen LogP contribution is -2.38. The minimum absolute atomic E-state index is 0.772. The fraction of sp³-hybridized carbons (Fsp3) is 0.300. The number of aliphatic imine (C=N–C) groups is 1. The van der Waals surface area contributed by atoms with Gasteiger partial charge < -0.3 is 15.6 Å². The largest absolute Gasteiger partial charge is 0.356 e. The minimum Gasteiger partial charge on any atom is -0.356 e. The monoisotopic (exact) mass is 335 g/mol. The lowest BCUT2D eigenvalue weighted by Gasteiger charge is -2.13. The van der Waals surface area contributed by atoms with Gasteiger partial charge in [-0.2, -0.15) is 0 Å². The van der Waals surface area contributed by atoms with Crippen molar-refractivity contribution in [3.63, 3.8) is 0 Å². The first kappa shape index (κ1) is 17.0. The van der Waals surface area contributed by atoms with Gasteiger partial charge in [0.25, 0.3) is 0 Å². The highest BCUT2D eigenvalue weighted by atomic mass is 15.2. The van der Waals surface area contributed by atoms with E-state index in [0.717, 1.165) is 48.7 Å². The molecule has 0 atom stereocenters. The van der Waals surface area contributed by atoms with Crippen molar-refractivity contribution in [3.8, 4) is 0 Å². The number of benzene rings is 2. The number of rotatable bonds is 6. The molecule has 3 aromatic rings. The summed E-state index contributed by atoms with van der Waals surface area (Å²) in [6.45, 7) is 3.72. The molecule has 0 fully saturated rings. The van der Waals surface area contributed by atoms with Crippen molar-refractivity contribution >= 4 is 17.0 Å². The maximum absolute atomic E-state index is 4.60. The summed E-state index contributed by atoms with van der Waals surface area (Å²) < 4.78 is 0. The van der Waals surface area contributed by atoms with Gasteiger partial charge in [-0.05, 0) is 29.7 Å². The van der Waals surface area contributed by atoms with Gasteiger partial charge in [0.05, 0.1) is 11.0 Å². The molecule has 0 aliphatic rings. The Balaban J connectivity index is 1.51. The van der Waals surface area contributed by atoms with E-state index in [9.17, 15) is 0 Å². The van der Waals surface area contributed by atoms with E-state index in [-0.39, 0.29) is 0 Å². The molecule has 3 rings (SSSR count). The van der Waals surface area contributed by atoms with Crippen LogP contribution in [-0.4, -0.2) is 29.5 Å². The van der Waals surface area contributed by atoms with Crippen LogP contribution < -0.4 is 10.6 Å². The number of nitrogens with one attached hydrogen (secondary N) is 3. The van der Waals surface area contributed by atoms with E-state index in [4.69, 9.17) is 0 Å². The third-order valence-corrected chi connectivity index (χ3v) is 4.26. The van der Waals surface area contributed by atoms with Crippen LogP contribution in [0.1, 0.15) is 23.9 Å². The lowest BCUT2D eigenvalue weighted by atomic mass is 10.1. The number of aromatic amines is 1. The normalized spacial score (nSPS) is 11.7. The number of H-pyrrole nitrogens is 1. The average molecular weight is 335 g/mol. The molecule has 0 saturated heterocycles. The zero-order chi connectivity index (χ0) is 17.5. The molecule has 5 heteroatoms. The van der Waals surface area contributed by atoms with Crippen LogP contribution in [0.15, 0.2) is 53.5 Å². The van der Waals surface area contributed by atoms with Gasteiger partial charge in [-0.3, -0.25) is 4.99 Å². The highest BCUT2D eigenvalue weighted by Gasteiger charge is 2.04. The first-order chi connectivity index (χ1) is 12.3. The number of hydrogen-bond donors (Lipinski definition) is 3. The summed E-state index contributed by atoms with van der Waals surface area (Å²) in [7, 11) is 1.79. The van der Waals surface area contributed by atoms with Crippen LogP contribution >= 0.6 is 0 Å². The van der Waals surface area contributed by atoms with Gasteiger partial charge in [-0.25, -0.2) is 4.98 Å². The summed E-state index contributed by atoms with van der Waals surface area (Å²) in [6, 6.07) is 16.6. The van der Waals surface area contributed by atoms with Crippen LogP contribution in [0.5, 0.6) is 0 Å². The third kappa shape index (κ3) is 4.38. The topological polar surface area (TPSA) is 65.1 Å². The predicted octanol–water partition coefficient (Wildman–Crippen LogP) is 3.03. The molecule has 3 N–H and O–H groups in total. The molecular formula is C20H25N5. The molecule has 0 radical (unpaired) electrons. The van der Waals surface area contributed by atoms with Crippen molar-refractivity contribution < 1.29 is 0 Å². The van der Waals surface area contributed by atoms with Crippen LogP contribution in [0, 0.1) is 0 Å². The molecule has 130 valence electrons. The van der Waals surface area contributed by atoms with E-state index in [1.807, 2.05) is 24.3 Å². The van der Waals surface area contributed by atoms with E-state index in [1.54, 1.807) is 7.05 Å². The number of aromatic nitrogens is 2. The van der Waals surface area contributed by atoms with Crippen LogP contribution in [0.4, 0.5) is 0 Å². The summed E-state index contributed by atoms with van der Waals surface area (Å²) in [5.41, 5.74) is 4.77. The number of aryl methyl sites for hydroxylation is 1. The van der Waals surface area contributed by atoms with Crippen molar-refractivity contribution in [3.05, 3.63) is 65.5 Å². The van der Waals surface area contributed by atoms with Crippen molar-refractivity contribution in [1.29, 1.82) is 0 Å². The van der Waals surface area contributed by atoms with Gasteiger partial charge in [0, 0.05) is 26.6 Å². The maximum Gasteiger partial charge on any atom is 0.191 e. The molecule has 1 aromatic heterocycles. The fourth-order valence-electron chi connectivity index (χ4n) is 2.90. The number of fused-ring (bicyclic) bond motifs is 1. The smallest absolute Gasteiger partial charge is 0.191 e. The van der Waals surface area contributed by atoms with Crippen molar-refractivity contribution in [1.82, 2.24) is 20.6 Å². The Kier molecular flexibility index (Phi) is 5.67. The van der Waals surface area contributed by atoms with Crippen LogP contribution in [0.3, 0.4) is 0 Å². The zero-order valence-electron chi connectivity index (χ0n) is 14.8. The number of guanidine groups is 1. The third-order valence-electron chi connectivity index (χ3n) is 4.26. The Morgan fingerprint density at radius 3 is 2.56 bits per heavy atom. The molecular weight excluding hydrogens is 310 g/mol. The second kappa shape index (κ2) is 8.33. The summed E-state index contributed by atoms with van der Waals surface area (Å²) in [4.78, 5) is 12.2. The molecule has 5 nitrogen and oxygen atoms in total. The molecule has 0 aliphatic heterocycles. The van der Waals surface area contributed by atoms with Gasteiger partial charge in [-0.1, -0.05) is 43.3 Å². The van der Waals surface area contributed by atoms with E-state index in [2.05, 4.69) is 56.8 Å². The first-order valence-corrected chi connectivity index (χ1v) is 8.75. The molecule has 2 aromatic carbocycles. The van der Waals surface area contributed by atoms with E-state index in [1.165, 1.54) is 11.1 Å². The standard InChI is InChI=1S/C20H25N5/c1-3-15-8-4-5-9-16(15)14-23-20(21-2)22-13-12-19-24-17-10-6-7-11-18(17)25-19/h4-11H,3,12-14H2,1-2H3,(H,24,25)(H2,21,22,23). The van der Waals surface area contributed by atoms with Crippen molar-refractivity contribution in [2.75, 3.05) is 13.6 Å². The molecule has 0 unspecified atom stereocenters. The highest BCUT2D eigenvalue weighted by Crippen LogP contribution is 2.10. The van der Waals surface area contributed by atoms with Crippen molar-refractivity contribution in [2.45, 2.75) is 26.3 Å². The average Bonchev–Trinajstić information content (AvgIpc) is 3.07. The number of hydrogen-bond acceptors (Lipinski definition) is 2. The second-order valence-corrected chi connectivity index (χ2v) is 5.93. The Hall–Kier alpha value is -2.82. The maximum atomic E-state index is 4.60. The molecule has 0 amide bonds. The van der Waals surface area contributed by atoms with Gasteiger partial charge in [0.2, 0.25) is 0 Å². The molecule has 0 spiro atoms. The molecule has 1 heterocycles. The molecule has 0 bridgehead atoms. The van der Waals surface area contributed by atoms with Crippen LogP contribution in [-0.2, 0) is 19.4 Å². The molecule has 0 saturated carbocycles. The van der Waals surface area contributed by atoms with Crippen molar-refractivity contribution in [2.24, 2.45) is 4.99 Å². The summed E-state index contributed by atoms with van der Waals surface area (Å²) in [6.07, 6.45) is 1.86. The second-order valence-electron chi connectivity index (χ2n) is 5.93. The zero-order valence-corrected chi connectivity index (χ0v) is 14.8. The lowest BCUT2D eigenvalue weighted by molar-refractivity contribution is 0.774. The minimum atomic E-state index is 0.772. The summed E-state index contributed by atoms with van der Waals surface area (Å²) >= 11 is 0. The first-order valence-electron chi connectivity index (χ1n) is 8.75. The predicted molar refractivity (Wildman–Crippen MR) is 104 cm³/mol. The summed E-state index contributed by atoms with van der Waals surface area (Å²) in [5.74, 6) is 1.79. The Morgan fingerprint density at radius 1 is 1.04 bits per heavy atom. The number of para-hydroxylation sites is 2. The van der Waals surface area contributed by atoms with Gasteiger partial charge in [0.15, 0.2) is 5.96 Å². The summed E-state index contributed by atoms with van der Waals surface area (Å²) in [5, 5.41) is 6.73. The highest BCUT2D eigenvalue weighted by molar-refractivity contribution is 5.79. The van der Waals surface area contributed by atoms with Gasteiger partial charge >= 0.3 is 0 Å². The number of imidazole rings is 1. The molecule has 0 aliphatic carbocycles. The van der Waals surface area contributed by atoms with E-state index < -0.39 is 0 Å². The fourth-order valence-corrected chi connectivity index (χ4v) is 2.90. The Bertz CT molecular complexity index is 817.